The molecule has 3 heteroatoms. The van der Waals surface area contributed by atoms with E-state index in [4.69, 9.17) is 0 Å². The van der Waals surface area contributed by atoms with E-state index in [1.54, 1.807) is 0 Å². The summed E-state index contributed by atoms with van der Waals surface area (Å²) in [7, 11) is 0. The van der Waals surface area contributed by atoms with Crippen molar-refractivity contribution >= 4 is 11.6 Å². The first-order chi connectivity index (χ1) is 15.1. The Bertz CT molecular complexity index is 679. The van der Waals surface area contributed by atoms with E-state index in [1.807, 2.05) is 0 Å². The summed E-state index contributed by atoms with van der Waals surface area (Å²) >= 11 is 0. The Morgan fingerprint density at radius 2 is 1.45 bits per heavy atom. The maximum absolute atomic E-state index is 12.8. The Morgan fingerprint density at radius 3 is 2.03 bits per heavy atom. The van der Waals surface area contributed by atoms with Crippen LogP contribution in [0.25, 0.3) is 0 Å². The summed E-state index contributed by atoms with van der Waals surface area (Å²) in [5.41, 5.74) is 2.51. The Hall–Kier alpha value is -1.51. The minimum Gasteiger partial charge on any atom is -0.299 e. The van der Waals surface area contributed by atoms with E-state index in [9.17, 15) is 14.0 Å². The lowest BCUT2D eigenvalue weighted by atomic mass is 9.76. The number of unbranched alkanes of at least 4 members (excludes halogenated alkanes) is 1. The number of rotatable bonds is 11. The number of ketones is 2. The number of halogens is 1. The largest absolute Gasteiger partial charge is 0.299 e. The normalized spacial score (nSPS) is 26.5. The smallest absolute Gasteiger partial charge is 0.140 e. The van der Waals surface area contributed by atoms with Crippen LogP contribution in [0.3, 0.4) is 0 Å². The molecule has 172 valence electrons. The summed E-state index contributed by atoms with van der Waals surface area (Å²) in [6.45, 7) is 1.94. The molecule has 3 rings (SSSR count). The topological polar surface area (TPSA) is 34.1 Å². The van der Waals surface area contributed by atoms with Crippen LogP contribution in [0, 0.1) is 17.8 Å². The fourth-order valence-corrected chi connectivity index (χ4v) is 5.70. The summed E-state index contributed by atoms with van der Waals surface area (Å²) < 4.78 is 12.4. The summed E-state index contributed by atoms with van der Waals surface area (Å²) in [5, 5.41) is 0. The van der Waals surface area contributed by atoms with Gasteiger partial charge in [0.05, 0.1) is 6.67 Å². The van der Waals surface area contributed by atoms with E-state index in [0.717, 1.165) is 56.9 Å². The third-order valence-corrected chi connectivity index (χ3v) is 7.84. The van der Waals surface area contributed by atoms with Gasteiger partial charge in [-0.05, 0) is 93.6 Å². The van der Waals surface area contributed by atoms with Crippen LogP contribution in [0.5, 0.6) is 0 Å². The number of carbonyl (C=O) groups is 2. The first-order valence-electron chi connectivity index (χ1n) is 12.8. The average molecular weight is 429 g/mol. The van der Waals surface area contributed by atoms with Gasteiger partial charge in [-0.1, -0.05) is 37.6 Å². The summed E-state index contributed by atoms with van der Waals surface area (Å²) in [4.78, 5) is 25.1. The molecule has 2 nitrogen and oxygen atoms in total. The van der Waals surface area contributed by atoms with Gasteiger partial charge in [0.2, 0.25) is 0 Å². The highest BCUT2D eigenvalue weighted by Crippen LogP contribution is 2.38. The zero-order chi connectivity index (χ0) is 22.1. The van der Waals surface area contributed by atoms with Crippen molar-refractivity contribution < 1.29 is 14.0 Å². The fourth-order valence-electron chi connectivity index (χ4n) is 5.70. The molecule has 0 aliphatic heterocycles. The number of alkyl halides is 1. The van der Waals surface area contributed by atoms with Gasteiger partial charge in [-0.3, -0.25) is 14.0 Å². The highest BCUT2D eigenvalue weighted by atomic mass is 19.1. The highest BCUT2D eigenvalue weighted by molar-refractivity contribution is 5.84. The third-order valence-electron chi connectivity index (χ3n) is 7.84. The van der Waals surface area contributed by atoms with Gasteiger partial charge in [0.25, 0.3) is 0 Å². The monoisotopic (exact) mass is 428 g/mol. The van der Waals surface area contributed by atoms with Crippen LogP contribution in [-0.4, -0.2) is 18.2 Å². The molecule has 0 unspecified atom stereocenters. The van der Waals surface area contributed by atoms with Crippen molar-refractivity contribution in [2.45, 2.75) is 103 Å². The number of hydrogen-bond donors (Lipinski definition) is 0. The second kappa shape index (κ2) is 12.5. The first kappa shape index (κ1) is 24.1. The van der Waals surface area contributed by atoms with Gasteiger partial charge in [0.1, 0.15) is 11.6 Å². The molecular formula is C28H41FO2. The van der Waals surface area contributed by atoms with Gasteiger partial charge in [0.15, 0.2) is 0 Å². The maximum Gasteiger partial charge on any atom is 0.140 e. The molecular weight excluding hydrogens is 387 g/mol. The molecule has 2 saturated carbocycles. The Labute approximate surface area is 188 Å². The molecule has 2 fully saturated rings. The van der Waals surface area contributed by atoms with Crippen molar-refractivity contribution in [2.24, 2.45) is 17.8 Å². The van der Waals surface area contributed by atoms with E-state index in [0.29, 0.717) is 36.2 Å². The molecule has 0 atom stereocenters. The van der Waals surface area contributed by atoms with E-state index >= 15 is 0 Å². The fraction of sp³-hybridized carbons (Fsp3) is 0.714. The average Bonchev–Trinajstić information content (AvgIpc) is 2.82. The lowest BCUT2D eigenvalue weighted by Gasteiger charge is -2.29. The Morgan fingerprint density at radius 1 is 0.839 bits per heavy atom. The van der Waals surface area contributed by atoms with Crippen LogP contribution in [0.1, 0.15) is 107 Å². The molecule has 0 heterocycles. The molecule has 1 aromatic rings. The number of carbonyl (C=O) groups excluding carboxylic acids is 2. The van der Waals surface area contributed by atoms with E-state index in [-0.39, 0.29) is 18.5 Å². The summed E-state index contributed by atoms with van der Waals surface area (Å²) in [5.74, 6) is 2.42. The van der Waals surface area contributed by atoms with Crippen molar-refractivity contribution in [2.75, 3.05) is 6.67 Å². The van der Waals surface area contributed by atoms with Crippen molar-refractivity contribution in [3.05, 3.63) is 35.4 Å². The SMILES string of the molecule is CCCCC(=O)[C@H]1CC[C@H](C(=O)Cc2ccc([C@H]3CC[C@H](CCCF)CC3)cc2)CC1. The number of Topliss-reactive ketones (excluding diaryl/α,β-unsaturated/α-hetero) is 2. The third kappa shape index (κ3) is 7.26. The quantitative estimate of drug-likeness (QED) is 0.368. The zero-order valence-electron chi connectivity index (χ0n) is 19.4. The van der Waals surface area contributed by atoms with Crippen molar-refractivity contribution in [1.29, 1.82) is 0 Å². The van der Waals surface area contributed by atoms with Gasteiger partial charge >= 0.3 is 0 Å². The first-order valence-corrected chi connectivity index (χ1v) is 12.8. The van der Waals surface area contributed by atoms with Crippen molar-refractivity contribution in [1.82, 2.24) is 0 Å². The van der Waals surface area contributed by atoms with Gasteiger partial charge in [-0.2, -0.15) is 0 Å². The molecule has 2 aliphatic rings. The highest BCUT2D eigenvalue weighted by Gasteiger charge is 2.29. The second-order valence-electron chi connectivity index (χ2n) is 10.1. The van der Waals surface area contributed by atoms with Crippen LogP contribution in [0.15, 0.2) is 24.3 Å². The van der Waals surface area contributed by atoms with Gasteiger partial charge in [0, 0.05) is 24.7 Å². The lowest BCUT2D eigenvalue weighted by molar-refractivity contribution is -0.128. The standard InChI is InChI=1S/C28H41FO2/c1-2-3-6-27(30)25-15-17-26(18-16-25)28(31)20-22-9-13-24(14-10-22)23-11-7-21(8-12-23)5-4-19-29/h9-10,13-14,21,23,25-26H,2-8,11-12,15-20H2,1H3/t21-,23-,25-,26-. The molecule has 1 aromatic carbocycles. The zero-order valence-corrected chi connectivity index (χ0v) is 19.4. The van der Waals surface area contributed by atoms with E-state index < -0.39 is 0 Å². The molecule has 0 saturated heterocycles. The van der Waals surface area contributed by atoms with Crippen LogP contribution >= 0.6 is 0 Å². The van der Waals surface area contributed by atoms with Crippen LogP contribution in [0.4, 0.5) is 4.39 Å². The summed E-state index contributed by atoms with van der Waals surface area (Å²) in [6, 6.07) is 8.72. The molecule has 0 radical (unpaired) electrons. The minimum atomic E-state index is -0.182. The molecule has 0 amide bonds. The van der Waals surface area contributed by atoms with E-state index in [1.165, 1.54) is 31.2 Å². The number of benzene rings is 1. The van der Waals surface area contributed by atoms with Gasteiger partial charge in [-0.25, -0.2) is 0 Å². The minimum absolute atomic E-state index is 0.134. The molecule has 0 spiro atoms. The summed E-state index contributed by atoms with van der Waals surface area (Å²) in [6.07, 6.45) is 13.4. The van der Waals surface area contributed by atoms with Crippen molar-refractivity contribution in [3.63, 3.8) is 0 Å². The van der Waals surface area contributed by atoms with Gasteiger partial charge in [-0.15, -0.1) is 0 Å². The van der Waals surface area contributed by atoms with Crippen LogP contribution < -0.4 is 0 Å². The van der Waals surface area contributed by atoms with Crippen LogP contribution in [0.2, 0.25) is 0 Å². The predicted molar refractivity (Wildman–Crippen MR) is 125 cm³/mol. The maximum atomic E-state index is 12.8. The predicted octanol–water partition coefficient (Wildman–Crippen LogP) is 7.39. The molecule has 31 heavy (non-hydrogen) atoms. The molecule has 0 aromatic heterocycles. The molecule has 0 bridgehead atoms. The van der Waals surface area contributed by atoms with Crippen molar-refractivity contribution in [3.8, 4) is 0 Å². The molecule has 2 aliphatic carbocycles. The van der Waals surface area contributed by atoms with Gasteiger partial charge < -0.3 is 0 Å². The second-order valence-corrected chi connectivity index (χ2v) is 10.1. The van der Waals surface area contributed by atoms with Crippen LogP contribution in [-0.2, 0) is 16.0 Å². The Balaban J connectivity index is 1.42. The van der Waals surface area contributed by atoms with E-state index in [2.05, 4.69) is 31.2 Å². The molecule has 0 N–H and O–H groups in total. The lowest BCUT2D eigenvalue weighted by Crippen LogP contribution is -2.27. The Kier molecular flexibility index (Phi) is 9.74. The number of hydrogen-bond acceptors (Lipinski definition) is 2.